The lowest BCUT2D eigenvalue weighted by Crippen LogP contribution is -2.52. The number of hydrogen-bond acceptors (Lipinski definition) is 7. The summed E-state index contributed by atoms with van der Waals surface area (Å²) in [4.78, 5) is 69.1. The van der Waals surface area contributed by atoms with E-state index in [4.69, 9.17) is 4.74 Å². The number of ether oxygens (including phenoxy) is 1. The van der Waals surface area contributed by atoms with Crippen molar-refractivity contribution in [1.29, 1.82) is 0 Å². The van der Waals surface area contributed by atoms with E-state index in [-0.39, 0.29) is 47.9 Å². The van der Waals surface area contributed by atoms with Crippen LogP contribution in [0.1, 0.15) is 76.8 Å². The van der Waals surface area contributed by atoms with Crippen LogP contribution < -0.4 is 10.1 Å². The lowest BCUT2D eigenvalue weighted by molar-refractivity contribution is -0.138. The Hall–Kier alpha value is -4.05. The topological polar surface area (TPSA) is 116 Å². The van der Waals surface area contributed by atoms with Gasteiger partial charge in [0.2, 0.25) is 17.7 Å². The van der Waals surface area contributed by atoms with Gasteiger partial charge >= 0.3 is 0 Å². The molecule has 2 aromatic carbocycles. The summed E-state index contributed by atoms with van der Waals surface area (Å²) >= 11 is 0. The van der Waals surface area contributed by atoms with Gasteiger partial charge in [-0.2, -0.15) is 0 Å². The molecule has 4 amide bonds. The molecule has 4 heterocycles. The maximum atomic E-state index is 13.7. The van der Waals surface area contributed by atoms with Gasteiger partial charge < -0.3 is 14.5 Å². The van der Waals surface area contributed by atoms with E-state index < -0.39 is 11.9 Å². The molecule has 0 radical (unpaired) electrons. The lowest BCUT2D eigenvalue weighted by atomic mass is 9.73. The number of fused-ring (bicyclic) bond motifs is 3. The molecule has 0 saturated carbocycles. The van der Waals surface area contributed by atoms with Crippen molar-refractivity contribution in [2.45, 2.75) is 69.0 Å². The summed E-state index contributed by atoms with van der Waals surface area (Å²) in [6, 6.07) is 12.5. The van der Waals surface area contributed by atoms with E-state index >= 15 is 0 Å². The van der Waals surface area contributed by atoms with Crippen molar-refractivity contribution < 1.29 is 28.7 Å². The zero-order chi connectivity index (χ0) is 29.7. The Balaban J connectivity index is 0.953. The van der Waals surface area contributed by atoms with Crippen molar-refractivity contribution in [3.8, 4) is 5.75 Å². The predicted molar refractivity (Wildman–Crippen MR) is 155 cm³/mol. The van der Waals surface area contributed by atoms with Crippen molar-refractivity contribution in [1.82, 2.24) is 20.0 Å². The van der Waals surface area contributed by atoms with E-state index in [1.165, 1.54) is 4.90 Å². The summed E-state index contributed by atoms with van der Waals surface area (Å²) in [7, 11) is 0. The Morgan fingerprint density at radius 3 is 2.56 bits per heavy atom. The van der Waals surface area contributed by atoms with Crippen LogP contribution in [0.25, 0.3) is 0 Å². The van der Waals surface area contributed by atoms with Crippen molar-refractivity contribution in [2.24, 2.45) is 0 Å². The third-order valence-electron chi connectivity index (χ3n) is 10.2. The molecule has 1 spiro atoms. The molecule has 10 nitrogen and oxygen atoms in total. The Bertz CT molecular complexity index is 1510. The fourth-order valence-electron chi connectivity index (χ4n) is 7.84. The maximum Gasteiger partial charge on any atom is 0.255 e. The fourth-order valence-corrected chi connectivity index (χ4v) is 7.84. The highest BCUT2D eigenvalue weighted by Crippen LogP contribution is 2.46. The van der Waals surface area contributed by atoms with Gasteiger partial charge in [0.15, 0.2) is 5.78 Å². The molecule has 1 N–H and O–H groups in total. The first-order valence-electron chi connectivity index (χ1n) is 15.4. The van der Waals surface area contributed by atoms with Gasteiger partial charge in [0, 0.05) is 54.6 Å². The highest BCUT2D eigenvalue weighted by atomic mass is 16.5. The molecule has 4 aliphatic heterocycles. The summed E-state index contributed by atoms with van der Waals surface area (Å²) in [5.74, 6) is 0.0123. The van der Waals surface area contributed by atoms with Gasteiger partial charge in [-0.3, -0.25) is 34.2 Å². The van der Waals surface area contributed by atoms with Crippen LogP contribution in [0.3, 0.4) is 0 Å². The van der Waals surface area contributed by atoms with Crippen molar-refractivity contribution in [2.75, 3.05) is 32.8 Å². The first-order valence-corrected chi connectivity index (χ1v) is 15.4. The van der Waals surface area contributed by atoms with Gasteiger partial charge in [0.25, 0.3) is 5.91 Å². The molecule has 0 aromatic heterocycles. The van der Waals surface area contributed by atoms with Crippen LogP contribution in [0, 0.1) is 0 Å². The first kappa shape index (κ1) is 27.8. The molecule has 7 rings (SSSR count). The summed E-state index contributed by atoms with van der Waals surface area (Å²) in [5.41, 5.74) is 3.13. The highest BCUT2D eigenvalue weighted by molar-refractivity contribution is 6.05. The second-order valence-corrected chi connectivity index (χ2v) is 12.5. The van der Waals surface area contributed by atoms with Crippen molar-refractivity contribution in [3.05, 3.63) is 64.7 Å². The number of piperidine rings is 2. The van der Waals surface area contributed by atoms with Crippen LogP contribution in [0.4, 0.5) is 0 Å². The number of carbonyl (C=O) groups excluding carboxylic acids is 5. The second kappa shape index (κ2) is 10.9. The monoisotopic (exact) mass is 584 g/mol. The van der Waals surface area contributed by atoms with E-state index in [0.717, 1.165) is 48.9 Å². The fraction of sp³-hybridized carbons (Fsp3) is 0.485. The van der Waals surface area contributed by atoms with E-state index in [9.17, 15) is 24.0 Å². The largest absolute Gasteiger partial charge is 0.492 e. The zero-order valence-corrected chi connectivity index (χ0v) is 24.2. The quantitative estimate of drug-likeness (QED) is 0.519. The number of amides is 4. The zero-order valence-electron chi connectivity index (χ0n) is 24.2. The molecule has 2 atom stereocenters. The molecule has 43 heavy (non-hydrogen) atoms. The average molecular weight is 585 g/mol. The van der Waals surface area contributed by atoms with E-state index in [2.05, 4.69) is 16.3 Å². The van der Waals surface area contributed by atoms with Crippen LogP contribution >= 0.6 is 0 Å². The van der Waals surface area contributed by atoms with Crippen LogP contribution in [-0.4, -0.2) is 89.0 Å². The normalized spacial score (nSPS) is 24.8. The minimum absolute atomic E-state index is 0.140. The minimum atomic E-state index is -0.671. The second-order valence-electron chi connectivity index (χ2n) is 12.5. The number of nitrogens with zero attached hydrogens (tertiary/aromatic N) is 3. The molecule has 224 valence electrons. The summed E-state index contributed by atoms with van der Waals surface area (Å²) < 4.78 is 6.19. The molecule has 3 saturated heterocycles. The molecular weight excluding hydrogens is 548 g/mol. The van der Waals surface area contributed by atoms with E-state index in [1.54, 1.807) is 12.1 Å². The highest BCUT2D eigenvalue weighted by Gasteiger charge is 2.46. The SMILES string of the molecule is O=C1CCC(N2Cc3c(OCCN4CCC[C@H]4C(=O)N4CCC5(CC4)CC(=O)c4ccccc45)cccc3C2=O)C(=O)N1. The summed E-state index contributed by atoms with van der Waals surface area (Å²) in [6.45, 7) is 3.37. The number of imide groups is 1. The summed E-state index contributed by atoms with van der Waals surface area (Å²) in [6.07, 6.45) is 4.46. The molecular formula is C33H36N4O6. The number of likely N-dealkylation sites (tertiary alicyclic amines) is 2. The van der Waals surface area contributed by atoms with Crippen molar-refractivity contribution in [3.63, 3.8) is 0 Å². The van der Waals surface area contributed by atoms with Gasteiger partial charge in [0.1, 0.15) is 18.4 Å². The minimum Gasteiger partial charge on any atom is -0.492 e. The third-order valence-corrected chi connectivity index (χ3v) is 10.2. The maximum absolute atomic E-state index is 13.7. The van der Waals surface area contributed by atoms with Crippen molar-refractivity contribution >= 4 is 29.4 Å². The smallest absolute Gasteiger partial charge is 0.255 e. The number of hydrogen-bond donors (Lipinski definition) is 1. The van der Waals surface area contributed by atoms with Gasteiger partial charge in [-0.25, -0.2) is 0 Å². The van der Waals surface area contributed by atoms with Crippen LogP contribution in [0.2, 0.25) is 0 Å². The Kier molecular flexibility index (Phi) is 7.04. The van der Waals surface area contributed by atoms with Gasteiger partial charge in [-0.15, -0.1) is 0 Å². The molecule has 1 aliphatic carbocycles. The Morgan fingerprint density at radius 1 is 0.953 bits per heavy atom. The van der Waals surface area contributed by atoms with Crippen LogP contribution in [-0.2, 0) is 26.3 Å². The standard InChI is InChI=1S/C33H36N4O6/c38-27-19-33(24-7-2-1-5-22(24)27)12-15-36(16-13-33)32(42)26-8-4-14-35(26)17-18-43-28-9-3-6-21-23(28)20-37(31(21)41)25-10-11-29(39)34-30(25)40/h1-3,5-7,9,25-26H,4,8,10-20H2,(H,34,39,40)/t25?,26-/m0/s1. The number of ketones is 1. The Morgan fingerprint density at radius 2 is 1.74 bits per heavy atom. The van der Waals surface area contributed by atoms with Gasteiger partial charge in [-0.05, 0) is 56.3 Å². The Labute approximate surface area is 250 Å². The van der Waals surface area contributed by atoms with Crippen LogP contribution in [0.5, 0.6) is 5.75 Å². The molecule has 3 fully saturated rings. The number of Topliss-reactive ketones (excluding diaryl/α,β-unsaturated/α-hetero) is 1. The van der Waals surface area contributed by atoms with E-state index in [1.807, 2.05) is 29.2 Å². The molecule has 10 heteroatoms. The van der Waals surface area contributed by atoms with Gasteiger partial charge in [0.05, 0.1) is 12.6 Å². The van der Waals surface area contributed by atoms with E-state index in [0.29, 0.717) is 50.4 Å². The average Bonchev–Trinajstić information content (AvgIpc) is 3.69. The lowest BCUT2D eigenvalue weighted by Gasteiger charge is -2.41. The summed E-state index contributed by atoms with van der Waals surface area (Å²) in [5, 5.41) is 2.34. The van der Waals surface area contributed by atoms with Crippen LogP contribution in [0.15, 0.2) is 42.5 Å². The number of carbonyl (C=O) groups is 5. The molecule has 5 aliphatic rings. The molecule has 0 bridgehead atoms. The number of nitrogens with one attached hydrogen (secondary N) is 1. The predicted octanol–water partition coefficient (Wildman–Crippen LogP) is 2.44. The molecule has 2 aromatic rings. The molecule has 1 unspecified atom stereocenters. The third kappa shape index (κ3) is 4.81. The number of rotatable bonds is 6. The first-order chi connectivity index (χ1) is 20.8. The number of benzene rings is 2. The van der Waals surface area contributed by atoms with Gasteiger partial charge in [-0.1, -0.05) is 30.3 Å².